The summed E-state index contributed by atoms with van der Waals surface area (Å²) in [6, 6.07) is 10.1. The number of piperazine rings is 1. The molecule has 176 valence electrons. The molecular weight excluding hydrogens is 427 g/mol. The molecule has 2 aromatic carbocycles. The molecule has 0 saturated carbocycles. The van der Waals surface area contributed by atoms with Gasteiger partial charge in [-0.1, -0.05) is 25.5 Å². The quantitative estimate of drug-likeness (QED) is 0.502. The van der Waals surface area contributed by atoms with Crippen molar-refractivity contribution < 1.29 is 23.9 Å². The Morgan fingerprint density at radius 1 is 1.06 bits per heavy atom. The first-order valence-corrected chi connectivity index (χ1v) is 11.1. The van der Waals surface area contributed by atoms with Crippen LogP contribution in [-0.4, -0.2) is 67.1 Å². The fraction of sp³-hybridized carbons (Fsp3) is 0.375. The van der Waals surface area contributed by atoms with Crippen molar-refractivity contribution in [2.75, 3.05) is 49.5 Å². The number of anilines is 2. The Bertz CT molecular complexity index is 1010. The second-order valence-corrected chi connectivity index (χ2v) is 7.94. The van der Waals surface area contributed by atoms with E-state index in [4.69, 9.17) is 0 Å². The topological polar surface area (TPSA) is 102 Å². The van der Waals surface area contributed by atoms with Gasteiger partial charge in [-0.2, -0.15) is 0 Å². The van der Waals surface area contributed by atoms with Crippen molar-refractivity contribution in [2.45, 2.75) is 19.8 Å². The molecule has 0 bridgehead atoms. The maximum absolute atomic E-state index is 14.0. The Hall–Kier alpha value is -3.46. The molecule has 2 aromatic rings. The van der Waals surface area contributed by atoms with Gasteiger partial charge in [-0.25, -0.2) is 9.18 Å². The lowest BCUT2D eigenvalue weighted by Gasteiger charge is -2.36. The van der Waals surface area contributed by atoms with E-state index in [1.165, 1.54) is 30.3 Å². The van der Waals surface area contributed by atoms with Gasteiger partial charge >= 0.3 is 5.97 Å². The van der Waals surface area contributed by atoms with Crippen LogP contribution in [-0.2, 0) is 4.79 Å². The molecule has 0 unspecified atom stereocenters. The highest BCUT2D eigenvalue weighted by Gasteiger charge is 2.23. The van der Waals surface area contributed by atoms with E-state index in [0.29, 0.717) is 50.6 Å². The largest absolute Gasteiger partial charge is 0.478 e. The molecule has 3 N–H and O–H groups in total. The molecule has 1 heterocycles. The van der Waals surface area contributed by atoms with Crippen molar-refractivity contribution in [1.29, 1.82) is 0 Å². The van der Waals surface area contributed by atoms with Gasteiger partial charge in [0.25, 0.3) is 5.91 Å². The van der Waals surface area contributed by atoms with Crippen molar-refractivity contribution in [3.05, 3.63) is 59.4 Å². The molecular formula is C24H29FN4O4. The van der Waals surface area contributed by atoms with Crippen LogP contribution in [0.15, 0.2) is 42.5 Å². The van der Waals surface area contributed by atoms with Crippen LogP contribution in [0.3, 0.4) is 0 Å². The predicted molar refractivity (Wildman–Crippen MR) is 124 cm³/mol. The lowest BCUT2D eigenvalue weighted by molar-refractivity contribution is -0.122. The van der Waals surface area contributed by atoms with E-state index in [1.807, 2.05) is 4.90 Å². The fourth-order valence-corrected chi connectivity index (χ4v) is 3.69. The number of rotatable bonds is 9. The van der Waals surface area contributed by atoms with Gasteiger partial charge < -0.3 is 20.6 Å². The van der Waals surface area contributed by atoms with E-state index in [-0.39, 0.29) is 17.0 Å². The summed E-state index contributed by atoms with van der Waals surface area (Å²) in [4.78, 5) is 40.3. The molecule has 0 radical (unpaired) electrons. The normalized spacial score (nSPS) is 14.1. The molecule has 0 aromatic heterocycles. The zero-order chi connectivity index (χ0) is 23.8. The van der Waals surface area contributed by atoms with Crippen LogP contribution >= 0.6 is 0 Å². The van der Waals surface area contributed by atoms with Gasteiger partial charge in [0.1, 0.15) is 5.82 Å². The van der Waals surface area contributed by atoms with E-state index in [0.717, 1.165) is 12.8 Å². The summed E-state index contributed by atoms with van der Waals surface area (Å²) < 4.78 is 14.0. The zero-order valence-corrected chi connectivity index (χ0v) is 18.6. The Kier molecular flexibility index (Phi) is 8.37. The van der Waals surface area contributed by atoms with E-state index < -0.39 is 17.7 Å². The summed E-state index contributed by atoms with van der Waals surface area (Å²) in [5.74, 6) is -2.43. The van der Waals surface area contributed by atoms with Crippen molar-refractivity contribution >= 4 is 29.2 Å². The molecule has 8 nitrogen and oxygen atoms in total. The minimum atomic E-state index is -1.12. The fourth-order valence-electron chi connectivity index (χ4n) is 3.69. The van der Waals surface area contributed by atoms with Crippen LogP contribution in [0.4, 0.5) is 15.8 Å². The van der Waals surface area contributed by atoms with E-state index >= 15 is 0 Å². The van der Waals surface area contributed by atoms with Crippen LogP contribution in [0.5, 0.6) is 0 Å². The van der Waals surface area contributed by atoms with Gasteiger partial charge in [-0.3, -0.25) is 14.5 Å². The number of halogens is 1. The van der Waals surface area contributed by atoms with Crippen molar-refractivity contribution in [1.82, 2.24) is 10.2 Å². The Labute approximate surface area is 192 Å². The first-order chi connectivity index (χ1) is 15.9. The number of aromatic carboxylic acids is 1. The minimum absolute atomic E-state index is 0.000510. The number of carbonyl (C=O) groups excluding carboxylic acids is 2. The van der Waals surface area contributed by atoms with Crippen molar-refractivity contribution in [3.63, 3.8) is 0 Å². The average molecular weight is 457 g/mol. The Morgan fingerprint density at radius 3 is 2.45 bits per heavy atom. The number of nitrogens with one attached hydrogen (secondary N) is 2. The van der Waals surface area contributed by atoms with Gasteiger partial charge in [0, 0.05) is 32.7 Å². The van der Waals surface area contributed by atoms with Gasteiger partial charge in [0.2, 0.25) is 5.91 Å². The molecule has 1 fully saturated rings. The molecule has 3 rings (SSSR count). The first kappa shape index (κ1) is 24.2. The Balaban J connectivity index is 1.70. The summed E-state index contributed by atoms with van der Waals surface area (Å²) in [5, 5.41) is 15.0. The van der Waals surface area contributed by atoms with Crippen LogP contribution < -0.4 is 15.5 Å². The summed E-state index contributed by atoms with van der Waals surface area (Å²) in [5.41, 5.74) is 0.846. The van der Waals surface area contributed by atoms with Crippen LogP contribution in [0.2, 0.25) is 0 Å². The molecule has 0 atom stereocenters. The number of unbranched alkanes of at least 4 members (excludes halogenated alkanes) is 1. The predicted octanol–water partition coefficient (Wildman–Crippen LogP) is 2.81. The number of hydrogen-bond acceptors (Lipinski definition) is 5. The Morgan fingerprint density at radius 2 is 1.79 bits per heavy atom. The van der Waals surface area contributed by atoms with Crippen molar-refractivity contribution in [3.8, 4) is 0 Å². The molecule has 0 spiro atoms. The molecule has 33 heavy (non-hydrogen) atoms. The minimum Gasteiger partial charge on any atom is -0.478 e. The lowest BCUT2D eigenvalue weighted by atomic mass is 10.1. The average Bonchev–Trinajstić information content (AvgIpc) is 2.80. The summed E-state index contributed by atoms with van der Waals surface area (Å²) in [6.45, 7) is 5.55. The molecule has 2 amide bonds. The van der Waals surface area contributed by atoms with Crippen LogP contribution in [0.1, 0.15) is 40.5 Å². The lowest BCUT2D eigenvalue weighted by Crippen LogP contribution is -2.49. The number of nitrogens with zero attached hydrogens (tertiary/aromatic N) is 2. The summed E-state index contributed by atoms with van der Waals surface area (Å²) in [7, 11) is 0. The first-order valence-electron chi connectivity index (χ1n) is 11.1. The maximum atomic E-state index is 14.0. The smallest absolute Gasteiger partial charge is 0.335 e. The number of carboxylic acids is 1. The van der Waals surface area contributed by atoms with Crippen LogP contribution in [0.25, 0.3) is 0 Å². The summed E-state index contributed by atoms with van der Waals surface area (Å²) >= 11 is 0. The van der Waals surface area contributed by atoms with Gasteiger partial charge in [0.15, 0.2) is 0 Å². The highest BCUT2D eigenvalue weighted by atomic mass is 19.1. The second kappa shape index (κ2) is 11.4. The van der Waals surface area contributed by atoms with E-state index in [2.05, 4.69) is 22.5 Å². The number of carbonyl (C=O) groups is 3. The summed E-state index contributed by atoms with van der Waals surface area (Å²) in [6.07, 6.45) is 1.97. The highest BCUT2D eigenvalue weighted by molar-refractivity contribution is 6.07. The third-order valence-electron chi connectivity index (χ3n) is 5.54. The highest BCUT2D eigenvalue weighted by Crippen LogP contribution is 2.29. The molecule has 1 aliphatic heterocycles. The molecule has 9 heteroatoms. The standard InChI is InChI=1S/C24H29FN4O4/c1-2-3-10-26-22(30)16-28-11-13-29(14-12-28)21-9-8-17(24(32)33)15-20(21)27-23(31)18-6-4-5-7-19(18)25/h4-9,15H,2-3,10-14,16H2,1H3,(H,26,30)(H,27,31)(H,32,33). The maximum Gasteiger partial charge on any atom is 0.335 e. The van der Waals surface area contributed by atoms with E-state index in [9.17, 15) is 23.9 Å². The van der Waals surface area contributed by atoms with E-state index in [1.54, 1.807) is 12.1 Å². The van der Waals surface area contributed by atoms with Gasteiger partial charge in [-0.05, 0) is 36.8 Å². The molecule has 1 saturated heterocycles. The van der Waals surface area contributed by atoms with Crippen molar-refractivity contribution in [2.24, 2.45) is 0 Å². The number of amides is 2. The SMILES string of the molecule is CCCCNC(=O)CN1CCN(c2ccc(C(=O)O)cc2NC(=O)c2ccccc2F)CC1. The molecule has 0 aliphatic carbocycles. The number of carboxylic acid groups (broad SMARTS) is 1. The number of hydrogen-bond donors (Lipinski definition) is 3. The monoisotopic (exact) mass is 456 g/mol. The second-order valence-electron chi connectivity index (χ2n) is 7.94. The third-order valence-corrected chi connectivity index (χ3v) is 5.54. The molecule has 1 aliphatic rings. The zero-order valence-electron chi connectivity index (χ0n) is 18.6. The van der Waals surface area contributed by atoms with Gasteiger partial charge in [-0.15, -0.1) is 0 Å². The number of benzene rings is 2. The third kappa shape index (κ3) is 6.52. The van der Waals surface area contributed by atoms with Gasteiger partial charge in [0.05, 0.1) is 29.0 Å². The van der Waals surface area contributed by atoms with Crippen LogP contribution in [0, 0.1) is 5.82 Å².